The smallest absolute Gasteiger partial charge is 0.106 e. The second kappa shape index (κ2) is 6.01. The molecular weight excluding hydrogens is 222 g/mol. The van der Waals surface area contributed by atoms with Crippen molar-refractivity contribution in [3.8, 4) is 0 Å². The van der Waals surface area contributed by atoms with E-state index < -0.39 is 0 Å². The molecule has 0 aliphatic heterocycles. The van der Waals surface area contributed by atoms with Gasteiger partial charge in [0.25, 0.3) is 0 Å². The molecule has 3 nitrogen and oxygen atoms in total. The third-order valence-corrected chi connectivity index (χ3v) is 3.47. The molecule has 0 amide bonds. The minimum Gasteiger partial charge on any atom is -0.331 e. The zero-order chi connectivity index (χ0) is 13.0. The summed E-state index contributed by atoms with van der Waals surface area (Å²) >= 11 is 0. The number of aryl methyl sites for hydroxylation is 2. The zero-order valence-corrected chi connectivity index (χ0v) is 11.7. The van der Waals surface area contributed by atoms with E-state index in [-0.39, 0.29) is 0 Å². The van der Waals surface area contributed by atoms with Gasteiger partial charge in [0, 0.05) is 7.05 Å². The first-order chi connectivity index (χ1) is 8.72. The van der Waals surface area contributed by atoms with E-state index in [9.17, 15) is 0 Å². The number of nitrogens with zero attached hydrogens (tertiary/aromatic N) is 2. The molecule has 3 heteroatoms. The van der Waals surface area contributed by atoms with Crippen molar-refractivity contribution in [1.29, 1.82) is 0 Å². The molecule has 2 rings (SSSR count). The van der Waals surface area contributed by atoms with Gasteiger partial charge >= 0.3 is 0 Å². The summed E-state index contributed by atoms with van der Waals surface area (Å²) in [6, 6.07) is 6.60. The van der Waals surface area contributed by atoms with Gasteiger partial charge in [-0.3, -0.25) is 0 Å². The number of unbranched alkanes of at least 4 members (excludes halogenated alkanes) is 1. The molecule has 18 heavy (non-hydrogen) atoms. The lowest BCUT2D eigenvalue weighted by Crippen LogP contribution is -2.18. The fourth-order valence-corrected chi connectivity index (χ4v) is 2.18. The Morgan fingerprint density at radius 2 is 2.11 bits per heavy atom. The van der Waals surface area contributed by atoms with E-state index >= 15 is 0 Å². The minimum atomic E-state index is 1.05. The summed E-state index contributed by atoms with van der Waals surface area (Å²) in [5.74, 6) is 1.07. The van der Waals surface area contributed by atoms with E-state index in [2.05, 4.69) is 47.0 Å². The summed E-state index contributed by atoms with van der Waals surface area (Å²) in [6.07, 6.45) is 3.60. The van der Waals surface area contributed by atoms with E-state index in [1.807, 2.05) is 6.92 Å². The van der Waals surface area contributed by atoms with Crippen molar-refractivity contribution in [3.63, 3.8) is 0 Å². The Morgan fingerprint density at radius 1 is 1.28 bits per heavy atom. The monoisotopic (exact) mass is 245 g/mol. The maximum absolute atomic E-state index is 4.57. The molecule has 0 aliphatic rings. The van der Waals surface area contributed by atoms with Crippen LogP contribution in [-0.4, -0.2) is 22.6 Å². The van der Waals surface area contributed by atoms with E-state index in [0.29, 0.717) is 0 Å². The predicted octanol–water partition coefficient (Wildman–Crippen LogP) is 2.81. The first-order valence-electron chi connectivity index (χ1n) is 6.85. The molecule has 0 bridgehead atoms. The van der Waals surface area contributed by atoms with Crippen molar-refractivity contribution in [1.82, 2.24) is 14.9 Å². The van der Waals surface area contributed by atoms with Crippen molar-refractivity contribution in [3.05, 3.63) is 29.6 Å². The van der Waals surface area contributed by atoms with Crippen LogP contribution in [0.2, 0.25) is 0 Å². The van der Waals surface area contributed by atoms with Gasteiger partial charge in [-0.1, -0.05) is 19.4 Å². The number of imidazole rings is 1. The van der Waals surface area contributed by atoms with Gasteiger partial charge in [-0.2, -0.15) is 0 Å². The van der Waals surface area contributed by atoms with Gasteiger partial charge in [0.15, 0.2) is 0 Å². The largest absolute Gasteiger partial charge is 0.331 e. The average Bonchev–Trinajstić information content (AvgIpc) is 2.65. The molecular formula is C15H23N3. The molecule has 0 saturated carbocycles. The van der Waals surface area contributed by atoms with Crippen LogP contribution in [-0.2, 0) is 13.5 Å². The number of fused-ring (bicyclic) bond motifs is 1. The second-order valence-corrected chi connectivity index (χ2v) is 4.89. The number of rotatable bonds is 6. The van der Waals surface area contributed by atoms with Crippen LogP contribution in [0, 0.1) is 6.92 Å². The Morgan fingerprint density at radius 3 is 2.89 bits per heavy atom. The number of benzene rings is 1. The Kier molecular flexibility index (Phi) is 4.37. The van der Waals surface area contributed by atoms with Crippen LogP contribution in [0.15, 0.2) is 18.2 Å². The summed E-state index contributed by atoms with van der Waals surface area (Å²) in [7, 11) is 2.07. The molecule has 0 radical (unpaired) electrons. The summed E-state index contributed by atoms with van der Waals surface area (Å²) in [5.41, 5.74) is 3.70. The van der Waals surface area contributed by atoms with E-state index in [1.54, 1.807) is 0 Å². The number of nitrogens with one attached hydrogen (secondary N) is 1. The third kappa shape index (κ3) is 2.91. The molecule has 1 aromatic carbocycles. The van der Waals surface area contributed by atoms with Crippen molar-refractivity contribution >= 4 is 11.0 Å². The molecule has 1 N–H and O–H groups in total. The van der Waals surface area contributed by atoms with Crippen LogP contribution in [0.1, 0.15) is 31.2 Å². The van der Waals surface area contributed by atoms with Crippen LogP contribution in [0.25, 0.3) is 11.0 Å². The molecule has 1 heterocycles. The molecule has 98 valence electrons. The normalized spacial score (nSPS) is 11.3. The maximum Gasteiger partial charge on any atom is 0.106 e. The zero-order valence-electron chi connectivity index (χ0n) is 11.7. The summed E-state index contributed by atoms with van der Waals surface area (Å²) < 4.78 is 2.14. The summed E-state index contributed by atoms with van der Waals surface area (Å²) in [5, 5.41) is 3.47. The van der Waals surface area contributed by atoms with Crippen LogP contribution < -0.4 is 5.32 Å². The Bertz CT molecular complexity index is 514. The lowest BCUT2D eigenvalue weighted by atomic mass is 10.1. The van der Waals surface area contributed by atoms with Crippen LogP contribution in [0.5, 0.6) is 0 Å². The van der Waals surface area contributed by atoms with Crippen molar-refractivity contribution in [2.45, 2.75) is 33.1 Å². The Balaban J connectivity index is 1.98. The fraction of sp³-hybridized carbons (Fsp3) is 0.533. The van der Waals surface area contributed by atoms with Crippen molar-refractivity contribution in [2.75, 3.05) is 13.1 Å². The maximum atomic E-state index is 4.57. The third-order valence-electron chi connectivity index (χ3n) is 3.47. The topological polar surface area (TPSA) is 29.9 Å². The minimum absolute atomic E-state index is 1.05. The Hall–Kier alpha value is -1.35. The molecule has 0 spiro atoms. The SMILES string of the molecule is CCCCNCCc1ccc2c(c1)nc(C)n2C. The number of aromatic nitrogens is 2. The second-order valence-electron chi connectivity index (χ2n) is 4.89. The average molecular weight is 245 g/mol. The van der Waals surface area contributed by atoms with Crippen LogP contribution in [0.4, 0.5) is 0 Å². The molecule has 1 aromatic heterocycles. The molecule has 0 unspecified atom stereocenters. The summed E-state index contributed by atoms with van der Waals surface area (Å²) in [4.78, 5) is 4.57. The number of hydrogen-bond acceptors (Lipinski definition) is 2. The predicted molar refractivity (Wildman–Crippen MR) is 76.9 cm³/mol. The molecule has 0 aliphatic carbocycles. The highest BCUT2D eigenvalue weighted by molar-refractivity contribution is 5.76. The lowest BCUT2D eigenvalue weighted by Gasteiger charge is -2.04. The quantitative estimate of drug-likeness (QED) is 0.793. The van der Waals surface area contributed by atoms with E-state index in [0.717, 1.165) is 30.9 Å². The highest BCUT2D eigenvalue weighted by atomic mass is 15.0. The van der Waals surface area contributed by atoms with Gasteiger partial charge < -0.3 is 9.88 Å². The summed E-state index contributed by atoms with van der Waals surface area (Å²) in [6.45, 7) is 6.45. The first kappa shape index (κ1) is 13.1. The van der Waals surface area contributed by atoms with Gasteiger partial charge in [0.2, 0.25) is 0 Å². The Labute approximate surface area is 109 Å². The molecule has 0 saturated heterocycles. The van der Waals surface area contributed by atoms with Gasteiger partial charge in [0.1, 0.15) is 5.82 Å². The standard InChI is InChI=1S/C15H23N3/c1-4-5-9-16-10-8-13-6-7-15-14(11-13)17-12(2)18(15)3/h6-7,11,16H,4-5,8-10H2,1-3H3. The van der Waals surface area contributed by atoms with Crippen LogP contribution in [0.3, 0.4) is 0 Å². The lowest BCUT2D eigenvalue weighted by molar-refractivity contribution is 0.640. The fourth-order valence-electron chi connectivity index (χ4n) is 2.18. The number of hydrogen-bond donors (Lipinski definition) is 1. The van der Waals surface area contributed by atoms with E-state index in [4.69, 9.17) is 0 Å². The molecule has 0 atom stereocenters. The molecule has 2 aromatic rings. The van der Waals surface area contributed by atoms with Crippen molar-refractivity contribution in [2.24, 2.45) is 7.05 Å². The van der Waals surface area contributed by atoms with Gasteiger partial charge in [0.05, 0.1) is 11.0 Å². The van der Waals surface area contributed by atoms with Crippen molar-refractivity contribution < 1.29 is 0 Å². The van der Waals surface area contributed by atoms with Gasteiger partial charge in [-0.15, -0.1) is 0 Å². The van der Waals surface area contributed by atoms with Gasteiger partial charge in [-0.05, 0) is 50.6 Å². The highest BCUT2D eigenvalue weighted by Crippen LogP contribution is 2.16. The molecule has 0 fully saturated rings. The van der Waals surface area contributed by atoms with Crippen LogP contribution >= 0.6 is 0 Å². The van der Waals surface area contributed by atoms with E-state index in [1.165, 1.54) is 23.9 Å². The first-order valence-corrected chi connectivity index (χ1v) is 6.85. The van der Waals surface area contributed by atoms with Gasteiger partial charge in [-0.25, -0.2) is 4.98 Å². The highest BCUT2D eigenvalue weighted by Gasteiger charge is 2.04.